The Hall–Kier alpha value is -2.04. The third-order valence-electron chi connectivity index (χ3n) is 3.67. The van der Waals surface area contributed by atoms with Gasteiger partial charge in [0.2, 0.25) is 0 Å². The van der Waals surface area contributed by atoms with Gasteiger partial charge < -0.3 is 40.6 Å². The number of methoxy groups -OCH3 is 1. The molecule has 10 nitrogen and oxygen atoms in total. The maximum Gasteiger partial charge on any atom is 0.408 e. The minimum atomic E-state index is -3.78. The summed E-state index contributed by atoms with van der Waals surface area (Å²) < 4.78 is 42.4. The van der Waals surface area contributed by atoms with Gasteiger partial charge in [-0.1, -0.05) is 5.92 Å². The zero-order chi connectivity index (χ0) is 20.1. The number of rotatable bonds is 6. The molecule has 5 unspecified atom stereocenters. The Morgan fingerprint density at radius 1 is 1.54 bits per heavy atom. The smallest absolute Gasteiger partial charge is 0.408 e. The van der Waals surface area contributed by atoms with Crippen LogP contribution in [0.2, 0.25) is 0 Å². The van der Waals surface area contributed by atoms with Crippen LogP contribution >= 0.6 is 0 Å². The van der Waals surface area contributed by atoms with Crippen molar-refractivity contribution < 1.29 is 47.9 Å². The number of aliphatic hydroxyl groups is 3. The predicted octanol–water partition coefficient (Wildman–Crippen LogP) is -2.67. The van der Waals surface area contributed by atoms with Crippen LogP contribution < -0.4 is 11.1 Å². The highest BCUT2D eigenvalue weighted by Crippen LogP contribution is 2.36. The van der Waals surface area contributed by atoms with E-state index in [9.17, 15) is 28.6 Å². The number of alkyl carbamates (subject to hydrolysis) is 1. The number of halogens is 2. The summed E-state index contributed by atoms with van der Waals surface area (Å²) in [7, 11) is 0.749. The highest BCUT2D eigenvalue weighted by molar-refractivity contribution is 5.79. The van der Waals surface area contributed by atoms with E-state index in [1.165, 1.54) is 0 Å². The van der Waals surface area contributed by atoms with Gasteiger partial charge in [0.25, 0.3) is 0 Å². The first-order valence-electron chi connectivity index (χ1n) is 7.33. The van der Waals surface area contributed by atoms with E-state index in [1.807, 2.05) is 0 Å². The van der Waals surface area contributed by atoms with E-state index in [-0.39, 0.29) is 6.54 Å². The maximum absolute atomic E-state index is 14.7. The summed E-state index contributed by atoms with van der Waals surface area (Å²) in [5.74, 6) is -3.53. The Labute approximate surface area is 147 Å². The van der Waals surface area contributed by atoms with Crippen LogP contribution in [0.4, 0.5) is 13.6 Å². The van der Waals surface area contributed by atoms with Crippen LogP contribution in [-0.4, -0.2) is 90.1 Å². The Morgan fingerprint density at radius 3 is 2.65 bits per heavy atom. The van der Waals surface area contributed by atoms with E-state index in [4.69, 9.17) is 26.7 Å². The molecular weight excluding hydrogens is 362 g/mol. The topological polar surface area (TPSA) is 161 Å². The molecule has 0 spiro atoms. The van der Waals surface area contributed by atoms with Crippen molar-refractivity contribution >= 4 is 12.1 Å². The lowest BCUT2D eigenvalue weighted by Gasteiger charge is -2.44. The number of carbonyl (C=O) groups excluding carboxylic acids is 2. The standard InChI is InChI=1S/C14H20F2N2O8/c1-3-4-18-13(23)25-9(6(20)5-19)10-7(17)8(21)11(15)14(16,26-10)12(22)24-2/h1,6-11,19-21H,4-5,17H2,2H3,(H,18,23)/t6-,7?,8?,9-,10?,11?,14?/m1/s1. The van der Waals surface area contributed by atoms with Gasteiger partial charge in [0.05, 0.1) is 26.3 Å². The molecule has 1 aliphatic rings. The lowest BCUT2D eigenvalue weighted by atomic mass is 9.88. The fourth-order valence-electron chi connectivity index (χ4n) is 2.29. The molecule has 0 aromatic rings. The summed E-state index contributed by atoms with van der Waals surface area (Å²) in [4.78, 5) is 23.2. The fourth-order valence-corrected chi connectivity index (χ4v) is 2.29. The minimum Gasteiger partial charge on any atom is -0.465 e. The molecule has 1 rings (SSSR count). The van der Waals surface area contributed by atoms with Gasteiger partial charge in [-0.3, -0.25) is 0 Å². The van der Waals surface area contributed by atoms with Crippen molar-refractivity contribution in [2.75, 3.05) is 20.3 Å². The molecule has 0 aromatic heterocycles. The summed E-state index contributed by atoms with van der Waals surface area (Å²) in [5, 5.41) is 30.8. The van der Waals surface area contributed by atoms with Crippen LogP contribution in [0.15, 0.2) is 0 Å². The van der Waals surface area contributed by atoms with E-state index < -0.39 is 61.2 Å². The zero-order valence-electron chi connectivity index (χ0n) is 13.7. The van der Waals surface area contributed by atoms with Gasteiger partial charge in [-0.2, -0.15) is 4.39 Å². The molecule has 148 valence electrons. The second kappa shape index (κ2) is 9.06. The molecule has 0 saturated carbocycles. The van der Waals surface area contributed by atoms with Crippen molar-refractivity contribution in [3.8, 4) is 12.3 Å². The number of hydrogen-bond donors (Lipinski definition) is 5. The predicted molar refractivity (Wildman–Crippen MR) is 79.8 cm³/mol. The Kier molecular flexibility index (Phi) is 7.67. The van der Waals surface area contributed by atoms with Crippen LogP contribution in [0.25, 0.3) is 0 Å². The van der Waals surface area contributed by atoms with Gasteiger partial charge in [-0.05, 0) is 0 Å². The maximum atomic E-state index is 14.7. The fraction of sp³-hybridized carbons (Fsp3) is 0.714. The monoisotopic (exact) mass is 382 g/mol. The lowest BCUT2D eigenvalue weighted by molar-refractivity contribution is -0.291. The lowest BCUT2D eigenvalue weighted by Crippen LogP contribution is -2.70. The number of alkyl halides is 2. The summed E-state index contributed by atoms with van der Waals surface area (Å²) in [5.41, 5.74) is 5.57. The van der Waals surface area contributed by atoms with Gasteiger partial charge in [-0.15, -0.1) is 6.42 Å². The van der Waals surface area contributed by atoms with Crippen molar-refractivity contribution in [3.63, 3.8) is 0 Å². The normalized spacial score (nSPS) is 33.5. The van der Waals surface area contributed by atoms with Crippen LogP contribution in [-0.2, 0) is 19.0 Å². The summed E-state index contributed by atoms with van der Waals surface area (Å²) in [6.07, 6.45) is -7.10. The third kappa shape index (κ3) is 4.37. The van der Waals surface area contributed by atoms with Crippen LogP contribution in [0.5, 0.6) is 0 Å². The largest absolute Gasteiger partial charge is 0.465 e. The first-order valence-corrected chi connectivity index (χ1v) is 7.33. The van der Waals surface area contributed by atoms with E-state index in [2.05, 4.69) is 16.0 Å². The van der Waals surface area contributed by atoms with Gasteiger partial charge in [0, 0.05) is 0 Å². The molecule has 1 fully saturated rings. The first kappa shape index (κ1) is 22.0. The molecule has 26 heavy (non-hydrogen) atoms. The van der Waals surface area contributed by atoms with Crippen molar-refractivity contribution in [2.24, 2.45) is 5.73 Å². The second-order valence-electron chi connectivity index (χ2n) is 5.37. The molecule has 1 amide bonds. The van der Waals surface area contributed by atoms with E-state index >= 15 is 0 Å². The van der Waals surface area contributed by atoms with Gasteiger partial charge in [0.15, 0.2) is 12.3 Å². The molecular formula is C14H20F2N2O8. The molecule has 0 radical (unpaired) electrons. The van der Waals surface area contributed by atoms with Crippen LogP contribution in [0.1, 0.15) is 0 Å². The third-order valence-corrected chi connectivity index (χ3v) is 3.67. The Morgan fingerprint density at radius 2 is 2.15 bits per heavy atom. The van der Waals surface area contributed by atoms with Crippen molar-refractivity contribution in [3.05, 3.63) is 0 Å². The first-order chi connectivity index (χ1) is 12.1. The highest BCUT2D eigenvalue weighted by Gasteiger charge is 2.63. The highest BCUT2D eigenvalue weighted by atomic mass is 19.2. The number of carbonyl (C=O) groups is 2. The van der Waals surface area contributed by atoms with Crippen LogP contribution in [0.3, 0.4) is 0 Å². The Balaban J connectivity index is 3.15. The molecule has 6 N–H and O–H groups in total. The molecule has 12 heteroatoms. The number of hydrogen-bond acceptors (Lipinski definition) is 9. The van der Waals surface area contributed by atoms with E-state index in [0.717, 1.165) is 7.11 Å². The summed E-state index contributed by atoms with van der Waals surface area (Å²) >= 11 is 0. The number of aliphatic hydroxyl groups excluding tert-OH is 3. The minimum absolute atomic E-state index is 0.261. The zero-order valence-corrected chi connectivity index (χ0v) is 13.7. The SMILES string of the molecule is C#CCNC(=O)O[C@@H](C1OC(F)(C(=O)OC)C(F)C(O)C1N)[C@H](O)CO. The average Bonchev–Trinajstić information content (AvgIpc) is 2.64. The molecule has 0 bridgehead atoms. The molecule has 7 atom stereocenters. The number of terminal acetylenes is 1. The van der Waals surface area contributed by atoms with Crippen molar-refractivity contribution in [2.45, 2.75) is 42.5 Å². The molecule has 1 heterocycles. The molecule has 0 aliphatic carbocycles. The molecule has 1 aliphatic heterocycles. The van der Waals surface area contributed by atoms with Gasteiger partial charge in [0.1, 0.15) is 18.3 Å². The second-order valence-corrected chi connectivity index (χ2v) is 5.37. The number of nitrogens with two attached hydrogens (primary N) is 1. The summed E-state index contributed by atoms with van der Waals surface area (Å²) in [6, 6.07) is -1.73. The van der Waals surface area contributed by atoms with Crippen molar-refractivity contribution in [1.29, 1.82) is 0 Å². The Bertz CT molecular complexity index is 560. The van der Waals surface area contributed by atoms with Gasteiger partial charge in [-0.25, -0.2) is 14.0 Å². The number of nitrogens with one attached hydrogen (secondary N) is 1. The average molecular weight is 382 g/mol. The van der Waals surface area contributed by atoms with E-state index in [1.54, 1.807) is 0 Å². The van der Waals surface area contributed by atoms with Crippen molar-refractivity contribution in [1.82, 2.24) is 5.32 Å². The quantitative estimate of drug-likeness (QED) is 0.244. The number of amides is 1. The molecule has 0 aromatic carbocycles. The van der Waals surface area contributed by atoms with Gasteiger partial charge >= 0.3 is 17.9 Å². The molecule has 1 saturated heterocycles. The number of ether oxygens (including phenoxy) is 3. The van der Waals surface area contributed by atoms with Crippen LogP contribution in [0, 0.1) is 12.3 Å². The van der Waals surface area contributed by atoms with E-state index in [0.29, 0.717) is 0 Å². The summed E-state index contributed by atoms with van der Waals surface area (Å²) in [6.45, 7) is -1.25. The number of esters is 1.